The lowest BCUT2D eigenvalue weighted by molar-refractivity contribution is -0.385. The number of nitrogens with one attached hydrogen (secondary N) is 1. The molecule has 138 valence electrons. The van der Waals surface area contributed by atoms with E-state index in [1.807, 2.05) is 6.92 Å². The minimum atomic E-state index is -0.390. The van der Waals surface area contributed by atoms with Gasteiger partial charge in [-0.1, -0.05) is 36.4 Å². The molecular formula is C18H22N4O3S. The zero-order valence-corrected chi connectivity index (χ0v) is 15.6. The summed E-state index contributed by atoms with van der Waals surface area (Å²) >= 11 is 1.30. The van der Waals surface area contributed by atoms with E-state index in [2.05, 4.69) is 14.9 Å². The summed E-state index contributed by atoms with van der Waals surface area (Å²) in [6.45, 7) is 4.52. The van der Waals surface area contributed by atoms with Crippen molar-refractivity contribution < 1.29 is 4.92 Å². The SMILES string of the molecule is Cc1nc(SCc2ccccc2[N+](=O)[O-])[nH]c(=O)c1CN1CCCCC1. The van der Waals surface area contributed by atoms with Crippen LogP contribution in [0.1, 0.15) is 36.1 Å². The van der Waals surface area contributed by atoms with E-state index in [-0.39, 0.29) is 16.2 Å². The zero-order chi connectivity index (χ0) is 18.5. The Kier molecular flexibility index (Phi) is 6.05. The van der Waals surface area contributed by atoms with Gasteiger partial charge in [-0.05, 0) is 32.9 Å². The number of H-pyrrole nitrogens is 1. The number of rotatable bonds is 6. The highest BCUT2D eigenvalue weighted by Crippen LogP contribution is 2.26. The molecule has 0 unspecified atom stereocenters. The third-order valence-corrected chi connectivity index (χ3v) is 5.51. The molecule has 1 saturated heterocycles. The van der Waals surface area contributed by atoms with Crippen molar-refractivity contribution in [2.45, 2.75) is 43.6 Å². The minimum Gasteiger partial charge on any atom is -0.301 e. The molecular weight excluding hydrogens is 352 g/mol. The lowest BCUT2D eigenvalue weighted by Gasteiger charge is -2.26. The average molecular weight is 374 g/mol. The summed E-state index contributed by atoms with van der Waals surface area (Å²) in [7, 11) is 0. The largest absolute Gasteiger partial charge is 0.301 e. The second kappa shape index (κ2) is 8.46. The van der Waals surface area contributed by atoms with E-state index < -0.39 is 0 Å². The Morgan fingerprint density at radius 3 is 2.69 bits per heavy atom. The number of nitro benzene ring substituents is 1. The second-order valence-electron chi connectivity index (χ2n) is 6.45. The van der Waals surface area contributed by atoms with Crippen LogP contribution in [-0.2, 0) is 12.3 Å². The fourth-order valence-electron chi connectivity index (χ4n) is 3.14. The van der Waals surface area contributed by atoms with Gasteiger partial charge in [0.25, 0.3) is 11.2 Å². The van der Waals surface area contributed by atoms with E-state index in [1.165, 1.54) is 37.1 Å². The number of aromatic amines is 1. The number of thioether (sulfide) groups is 1. The van der Waals surface area contributed by atoms with E-state index >= 15 is 0 Å². The predicted octanol–water partition coefficient (Wildman–Crippen LogP) is 3.26. The van der Waals surface area contributed by atoms with Gasteiger partial charge in [0.05, 0.1) is 16.2 Å². The molecule has 0 bridgehead atoms. The van der Waals surface area contributed by atoms with E-state index in [0.29, 0.717) is 28.6 Å². The molecule has 1 N–H and O–H groups in total. The van der Waals surface area contributed by atoms with E-state index in [4.69, 9.17) is 0 Å². The van der Waals surface area contributed by atoms with Gasteiger partial charge >= 0.3 is 0 Å². The number of benzene rings is 1. The second-order valence-corrected chi connectivity index (χ2v) is 7.41. The smallest absolute Gasteiger partial charge is 0.273 e. The van der Waals surface area contributed by atoms with Gasteiger partial charge in [-0.15, -0.1) is 0 Å². The molecule has 1 aliphatic heterocycles. The summed E-state index contributed by atoms with van der Waals surface area (Å²) in [5.41, 5.74) is 2.01. The van der Waals surface area contributed by atoms with Crippen LogP contribution in [0.2, 0.25) is 0 Å². The molecule has 2 aromatic rings. The maximum Gasteiger partial charge on any atom is 0.273 e. The van der Waals surface area contributed by atoms with Crippen LogP contribution in [-0.4, -0.2) is 32.9 Å². The Hall–Kier alpha value is -2.19. The molecule has 1 aromatic heterocycles. The molecule has 8 heteroatoms. The number of aromatic nitrogens is 2. The maximum absolute atomic E-state index is 12.5. The normalized spacial score (nSPS) is 15.1. The summed E-state index contributed by atoms with van der Waals surface area (Å²) < 4.78 is 0. The van der Waals surface area contributed by atoms with Gasteiger partial charge in [0.2, 0.25) is 0 Å². The molecule has 0 spiro atoms. The number of para-hydroxylation sites is 1. The highest BCUT2D eigenvalue weighted by Gasteiger charge is 2.17. The Labute approximate surface area is 156 Å². The molecule has 1 fully saturated rings. The Morgan fingerprint density at radius 2 is 2.00 bits per heavy atom. The molecule has 0 atom stereocenters. The maximum atomic E-state index is 12.5. The number of piperidine rings is 1. The lowest BCUT2D eigenvalue weighted by Crippen LogP contribution is -2.32. The zero-order valence-electron chi connectivity index (χ0n) is 14.7. The van der Waals surface area contributed by atoms with Crippen molar-refractivity contribution in [2.24, 2.45) is 0 Å². The number of aryl methyl sites for hydroxylation is 1. The van der Waals surface area contributed by atoms with Crippen molar-refractivity contribution in [3.05, 3.63) is 61.6 Å². The summed E-state index contributed by atoms with van der Waals surface area (Å²) in [6, 6.07) is 6.62. The van der Waals surface area contributed by atoms with E-state index in [9.17, 15) is 14.9 Å². The van der Waals surface area contributed by atoms with Gasteiger partial charge < -0.3 is 4.98 Å². The number of nitro groups is 1. The van der Waals surface area contributed by atoms with Crippen LogP contribution in [0.4, 0.5) is 5.69 Å². The van der Waals surface area contributed by atoms with Crippen LogP contribution in [0.25, 0.3) is 0 Å². The first-order chi connectivity index (χ1) is 12.5. The number of hydrogen-bond donors (Lipinski definition) is 1. The summed E-state index contributed by atoms with van der Waals surface area (Å²) in [6.07, 6.45) is 3.60. The van der Waals surface area contributed by atoms with Gasteiger partial charge in [0, 0.05) is 23.9 Å². The number of hydrogen-bond acceptors (Lipinski definition) is 6. The lowest BCUT2D eigenvalue weighted by atomic mass is 10.1. The Bertz CT molecular complexity index is 847. The van der Waals surface area contributed by atoms with Crippen molar-refractivity contribution in [2.75, 3.05) is 13.1 Å². The van der Waals surface area contributed by atoms with Crippen LogP contribution in [0.15, 0.2) is 34.2 Å². The highest BCUT2D eigenvalue weighted by atomic mass is 32.2. The van der Waals surface area contributed by atoms with Crippen molar-refractivity contribution >= 4 is 17.4 Å². The average Bonchev–Trinajstić information content (AvgIpc) is 2.64. The molecule has 2 heterocycles. The first kappa shape index (κ1) is 18.6. The monoisotopic (exact) mass is 374 g/mol. The number of nitrogens with zero attached hydrogens (tertiary/aromatic N) is 3. The fraction of sp³-hybridized carbons (Fsp3) is 0.444. The van der Waals surface area contributed by atoms with Crippen LogP contribution < -0.4 is 5.56 Å². The van der Waals surface area contributed by atoms with E-state index in [1.54, 1.807) is 18.2 Å². The summed E-state index contributed by atoms with van der Waals surface area (Å²) in [5.74, 6) is 0.380. The quantitative estimate of drug-likeness (QED) is 0.361. The van der Waals surface area contributed by atoms with Crippen molar-refractivity contribution in [1.82, 2.24) is 14.9 Å². The number of likely N-dealkylation sites (tertiary alicyclic amines) is 1. The Balaban J connectivity index is 1.72. The highest BCUT2D eigenvalue weighted by molar-refractivity contribution is 7.98. The van der Waals surface area contributed by atoms with Crippen LogP contribution in [0.3, 0.4) is 0 Å². The van der Waals surface area contributed by atoms with Gasteiger partial charge in [0.15, 0.2) is 5.16 Å². The van der Waals surface area contributed by atoms with Gasteiger partial charge in [0.1, 0.15) is 0 Å². The summed E-state index contributed by atoms with van der Waals surface area (Å²) in [5, 5.41) is 11.6. The van der Waals surface area contributed by atoms with Crippen molar-refractivity contribution in [3.8, 4) is 0 Å². The topological polar surface area (TPSA) is 92.1 Å². The molecule has 1 aromatic carbocycles. The van der Waals surface area contributed by atoms with Crippen LogP contribution >= 0.6 is 11.8 Å². The summed E-state index contributed by atoms with van der Waals surface area (Å²) in [4.78, 5) is 32.8. The molecule has 3 rings (SSSR count). The standard InChI is InChI=1S/C18H22N4O3S/c1-13-15(11-21-9-5-2-6-10-21)17(23)20-18(19-13)26-12-14-7-3-4-8-16(14)22(24)25/h3-4,7-8H,2,5-6,9-12H2,1H3,(H,19,20,23). The minimum absolute atomic E-state index is 0.0841. The molecule has 26 heavy (non-hydrogen) atoms. The molecule has 0 aliphatic carbocycles. The first-order valence-corrected chi connectivity index (χ1v) is 9.70. The molecule has 0 radical (unpaired) electrons. The molecule has 1 aliphatic rings. The van der Waals surface area contributed by atoms with Gasteiger partial charge in [-0.2, -0.15) is 0 Å². The van der Waals surface area contributed by atoms with Gasteiger partial charge in [-0.25, -0.2) is 4.98 Å². The van der Waals surface area contributed by atoms with Crippen LogP contribution in [0, 0.1) is 17.0 Å². The van der Waals surface area contributed by atoms with Crippen molar-refractivity contribution in [3.63, 3.8) is 0 Å². The van der Waals surface area contributed by atoms with Crippen molar-refractivity contribution in [1.29, 1.82) is 0 Å². The molecule has 0 saturated carbocycles. The van der Waals surface area contributed by atoms with E-state index in [0.717, 1.165) is 18.8 Å². The first-order valence-electron chi connectivity index (χ1n) is 8.72. The molecule has 7 nitrogen and oxygen atoms in total. The molecule has 0 amide bonds. The fourth-order valence-corrected chi connectivity index (χ4v) is 4.04. The Morgan fingerprint density at radius 1 is 1.27 bits per heavy atom. The third kappa shape index (κ3) is 4.50. The van der Waals surface area contributed by atoms with Gasteiger partial charge in [-0.3, -0.25) is 19.8 Å². The predicted molar refractivity (Wildman–Crippen MR) is 101 cm³/mol. The third-order valence-electron chi connectivity index (χ3n) is 4.58. The van der Waals surface area contributed by atoms with Crippen LogP contribution in [0.5, 0.6) is 0 Å².